The molecule has 0 heterocycles. The van der Waals surface area contributed by atoms with Gasteiger partial charge in [-0.05, 0) is 12.8 Å². The van der Waals surface area contributed by atoms with Crippen LogP contribution in [0.15, 0.2) is 0 Å². The third kappa shape index (κ3) is 6.78. The lowest BCUT2D eigenvalue weighted by Crippen LogP contribution is -2.37. The Kier molecular flexibility index (Phi) is 8.50. The van der Waals surface area contributed by atoms with Crippen LogP contribution in [0.25, 0.3) is 0 Å². The maximum atomic E-state index is 11.8. The smallest absolute Gasteiger partial charge is 0.221 e. The van der Waals surface area contributed by atoms with Crippen molar-refractivity contribution in [2.24, 2.45) is 0 Å². The zero-order chi connectivity index (χ0) is 12.5. The molecule has 0 saturated heterocycles. The van der Waals surface area contributed by atoms with E-state index in [1.807, 2.05) is 0 Å². The molecule has 1 fully saturated rings. The number of amides is 1. The quantitative estimate of drug-likeness (QED) is 0.730. The van der Waals surface area contributed by atoms with Crippen molar-refractivity contribution >= 4 is 40.9 Å². The van der Waals surface area contributed by atoms with Gasteiger partial charge in [-0.2, -0.15) is 11.8 Å². The van der Waals surface area contributed by atoms with Gasteiger partial charge in [0.25, 0.3) is 0 Å². The Hall–Kier alpha value is 0.400. The fourth-order valence-electron chi connectivity index (χ4n) is 2.11. The molecule has 0 radical (unpaired) electrons. The Balaban J connectivity index is 2.21. The molecule has 2 nitrogen and oxygen atoms in total. The first-order valence-electron chi connectivity index (χ1n) is 6.29. The highest BCUT2D eigenvalue weighted by molar-refractivity contribution is 8.00. The molecule has 1 rings (SSSR count). The summed E-state index contributed by atoms with van der Waals surface area (Å²) < 4.78 is 0. The van der Waals surface area contributed by atoms with Gasteiger partial charge in [0.2, 0.25) is 5.91 Å². The zero-order valence-electron chi connectivity index (χ0n) is 10.1. The molecule has 1 N–H and O–H groups in total. The highest BCUT2D eigenvalue weighted by Gasteiger charge is 2.18. The van der Waals surface area contributed by atoms with Gasteiger partial charge in [0, 0.05) is 35.2 Å². The summed E-state index contributed by atoms with van der Waals surface area (Å²) in [7, 11) is 0. The zero-order valence-corrected chi connectivity index (χ0v) is 12.4. The summed E-state index contributed by atoms with van der Waals surface area (Å²) in [6, 6.07) is 0.394. The van der Waals surface area contributed by atoms with Gasteiger partial charge in [-0.1, -0.05) is 19.3 Å². The third-order valence-corrected chi connectivity index (χ3v) is 5.20. The van der Waals surface area contributed by atoms with Gasteiger partial charge in [0.05, 0.1) is 0 Å². The van der Waals surface area contributed by atoms with E-state index in [0.29, 0.717) is 24.2 Å². The van der Waals surface area contributed by atoms with Crippen molar-refractivity contribution in [3.8, 4) is 0 Å². The van der Waals surface area contributed by atoms with Crippen LogP contribution in [0.1, 0.15) is 38.5 Å². The van der Waals surface area contributed by atoms with E-state index in [4.69, 9.17) is 23.2 Å². The minimum Gasteiger partial charge on any atom is -0.353 e. The van der Waals surface area contributed by atoms with Crippen LogP contribution in [-0.2, 0) is 4.79 Å². The number of hydrogen-bond donors (Lipinski definition) is 1. The number of thioether (sulfide) groups is 1. The van der Waals surface area contributed by atoms with E-state index in [9.17, 15) is 4.79 Å². The maximum Gasteiger partial charge on any atom is 0.221 e. The largest absolute Gasteiger partial charge is 0.353 e. The van der Waals surface area contributed by atoms with Crippen LogP contribution in [-0.4, -0.2) is 34.7 Å². The molecule has 1 amide bonds. The van der Waals surface area contributed by atoms with Crippen molar-refractivity contribution in [2.75, 3.05) is 17.5 Å². The lowest BCUT2D eigenvalue weighted by atomic mass is 9.95. The fourth-order valence-corrected chi connectivity index (χ4v) is 3.53. The van der Waals surface area contributed by atoms with Crippen molar-refractivity contribution < 1.29 is 4.79 Å². The Bertz CT molecular complexity index is 223. The van der Waals surface area contributed by atoms with E-state index in [0.717, 1.165) is 18.6 Å². The van der Waals surface area contributed by atoms with Gasteiger partial charge in [-0.3, -0.25) is 4.79 Å². The summed E-state index contributed by atoms with van der Waals surface area (Å²) in [5.74, 6) is 2.13. The molecule has 5 heteroatoms. The van der Waals surface area contributed by atoms with E-state index >= 15 is 0 Å². The van der Waals surface area contributed by atoms with Crippen LogP contribution in [0.3, 0.4) is 0 Å². The maximum absolute atomic E-state index is 11.8. The van der Waals surface area contributed by atoms with Crippen LogP contribution in [0.4, 0.5) is 0 Å². The molecule has 100 valence electrons. The first kappa shape index (κ1) is 15.5. The number of rotatable bonds is 7. The SMILES string of the molecule is O=C(CC(CCl)SCCCl)NC1CCCCC1. The second-order valence-electron chi connectivity index (χ2n) is 4.44. The Labute approximate surface area is 118 Å². The molecule has 1 aliphatic rings. The van der Waals surface area contributed by atoms with Gasteiger partial charge in [-0.15, -0.1) is 23.2 Å². The molecule has 0 bridgehead atoms. The second-order valence-corrected chi connectivity index (χ2v) is 6.54. The molecule has 0 aromatic rings. The Morgan fingerprint density at radius 2 is 2.00 bits per heavy atom. The summed E-state index contributed by atoms with van der Waals surface area (Å²) in [6.07, 6.45) is 6.57. The van der Waals surface area contributed by atoms with E-state index < -0.39 is 0 Å². The van der Waals surface area contributed by atoms with E-state index in [-0.39, 0.29) is 11.2 Å². The molecule has 0 aliphatic heterocycles. The summed E-state index contributed by atoms with van der Waals surface area (Å²) in [5.41, 5.74) is 0. The van der Waals surface area contributed by atoms with Gasteiger partial charge in [0.15, 0.2) is 0 Å². The Morgan fingerprint density at radius 1 is 1.29 bits per heavy atom. The molecule has 0 aromatic carbocycles. The third-order valence-electron chi connectivity index (χ3n) is 2.99. The monoisotopic (exact) mass is 297 g/mol. The molecule has 0 aromatic heterocycles. The predicted octanol–water partition coefficient (Wildman–Crippen LogP) is 3.40. The van der Waals surface area contributed by atoms with E-state index in [1.54, 1.807) is 11.8 Å². The lowest BCUT2D eigenvalue weighted by molar-refractivity contribution is -0.121. The summed E-state index contributed by atoms with van der Waals surface area (Å²) in [5, 5.41) is 3.31. The number of alkyl halides is 2. The van der Waals surface area contributed by atoms with Crippen LogP contribution in [0, 0.1) is 0 Å². The van der Waals surface area contributed by atoms with Crippen LogP contribution >= 0.6 is 35.0 Å². The number of hydrogen-bond acceptors (Lipinski definition) is 2. The average Bonchev–Trinajstić information content (AvgIpc) is 2.35. The van der Waals surface area contributed by atoms with Crippen molar-refractivity contribution in [2.45, 2.75) is 49.8 Å². The summed E-state index contributed by atoms with van der Waals surface area (Å²) in [6.45, 7) is 0. The van der Waals surface area contributed by atoms with E-state index in [1.165, 1.54) is 19.3 Å². The first-order valence-corrected chi connectivity index (χ1v) is 8.41. The Morgan fingerprint density at radius 3 is 2.59 bits per heavy atom. The van der Waals surface area contributed by atoms with E-state index in [2.05, 4.69) is 5.32 Å². The number of carbonyl (C=O) groups is 1. The average molecular weight is 298 g/mol. The highest BCUT2D eigenvalue weighted by Crippen LogP contribution is 2.19. The molecule has 0 spiro atoms. The fraction of sp³-hybridized carbons (Fsp3) is 0.917. The molecular formula is C12H21Cl2NOS. The minimum absolute atomic E-state index is 0.143. The molecule has 1 atom stereocenters. The molecule has 1 saturated carbocycles. The second kappa shape index (κ2) is 9.35. The van der Waals surface area contributed by atoms with Crippen molar-refractivity contribution in [3.05, 3.63) is 0 Å². The molecule has 1 aliphatic carbocycles. The van der Waals surface area contributed by atoms with Gasteiger partial charge in [0.1, 0.15) is 0 Å². The molecular weight excluding hydrogens is 277 g/mol. The van der Waals surface area contributed by atoms with Crippen molar-refractivity contribution in [3.63, 3.8) is 0 Å². The van der Waals surface area contributed by atoms with Crippen molar-refractivity contribution in [1.82, 2.24) is 5.32 Å². The standard InChI is InChI=1S/C12H21Cl2NOS/c13-6-7-17-11(9-14)8-12(16)15-10-4-2-1-3-5-10/h10-11H,1-9H2,(H,15,16). The number of halogens is 2. The first-order chi connectivity index (χ1) is 8.26. The van der Waals surface area contributed by atoms with Crippen LogP contribution in [0.5, 0.6) is 0 Å². The van der Waals surface area contributed by atoms with Crippen LogP contribution < -0.4 is 5.32 Å². The minimum atomic E-state index is 0.143. The van der Waals surface area contributed by atoms with Gasteiger partial charge >= 0.3 is 0 Å². The van der Waals surface area contributed by atoms with Gasteiger partial charge in [-0.25, -0.2) is 0 Å². The highest BCUT2D eigenvalue weighted by atomic mass is 35.5. The number of nitrogens with one attached hydrogen (secondary N) is 1. The topological polar surface area (TPSA) is 29.1 Å². The van der Waals surface area contributed by atoms with Crippen molar-refractivity contribution in [1.29, 1.82) is 0 Å². The van der Waals surface area contributed by atoms with Gasteiger partial charge < -0.3 is 5.32 Å². The predicted molar refractivity (Wildman–Crippen MR) is 77.3 cm³/mol. The normalized spacial score (nSPS) is 18.9. The molecule has 1 unspecified atom stereocenters. The summed E-state index contributed by atoms with van der Waals surface area (Å²) in [4.78, 5) is 11.8. The lowest BCUT2D eigenvalue weighted by Gasteiger charge is -2.23. The molecule has 17 heavy (non-hydrogen) atoms. The number of carbonyl (C=O) groups excluding carboxylic acids is 1. The van der Waals surface area contributed by atoms with Crippen LogP contribution in [0.2, 0.25) is 0 Å². The summed E-state index contributed by atoms with van der Waals surface area (Å²) >= 11 is 13.2.